The third kappa shape index (κ3) is 4.53. The molecule has 0 radical (unpaired) electrons. The van der Waals surface area contributed by atoms with Crippen LogP contribution in [0.4, 0.5) is 10.2 Å². The van der Waals surface area contributed by atoms with Crippen LogP contribution in [0.25, 0.3) is 0 Å². The summed E-state index contributed by atoms with van der Waals surface area (Å²) in [5, 5.41) is 5.44. The summed E-state index contributed by atoms with van der Waals surface area (Å²) >= 11 is 0. The van der Waals surface area contributed by atoms with Gasteiger partial charge in [0.15, 0.2) is 0 Å². The largest absolute Gasteiger partial charge is 0.370 e. The van der Waals surface area contributed by atoms with Crippen molar-refractivity contribution in [3.8, 4) is 0 Å². The average Bonchev–Trinajstić information content (AvgIpc) is 2.30. The van der Waals surface area contributed by atoms with Crippen molar-refractivity contribution < 1.29 is 14.0 Å². The van der Waals surface area contributed by atoms with Crippen LogP contribution in [-0.4, -0.2) is 29.4 Å². The van der Waals surface area contributed by atoms with Crippen molar-refractivity contribution in [1.82, 2.24) is 10.3 Å². The molecule has 0 aliphatic carbocycles. The Bertz CT molecular complexity index is 479. The number of aromatic nitrogens is 1. The first-order valence-electron chi connectivity index (χ1n) is 5.92. The average molecular weight is 268 g/mol. The number of nitrogens with zero attached hydrogens (tertiary/aromatic N) is 1. The lowest BCUT2D eigenvalue weighted by atomic mass is 10.2. The van der Waals surface area contributed by atoms with Gasteiger partial charge in [-0.3, -0.25) is 9.59 Å². The molecule has 104 valence electrons. The van der Waals surface area contributed by atoms with Crippen molar-refractivity contribution in [2.75, 3.05) is 11.9 Å². The van der Waals surface area contributed by atoms with Crippen molar-refractivity contribution in [3.63, 3.8) is 0 Å². The van der Waals surface area contributed by atoms with E-state index in [-0.39, 0.29) is 12.0 Å². The molecule has 2 amide bonds. The fraction of sp³-hybridized carbons (Fsp3) is 0.417. The zero-order valence-electron chi connectivity index (χ0n) is 10.9. The summed E-state index contributed by atoms with van der Waals surface area (Å²) in [7, 11) is 0. The van der Waals surface area contributed by atoms with Gasteiger partial charge in [0.1, 0.15) is 11.6 Å². The fourth-order valence-electron chi connectivity index (χ4n) is 1.58. The molecular weight excluding hydrogens is 251 g/mol. The van der Waals surface area contributed by atoms with Gasteiger partial charge < -0.3 is 16.4 Å². The maximum absolute atomic E-state index is 13.2. The van der Waals surface area contributed by atoms with Crippen LogP contribution >= 0.6 is 0 Å². The van der Waals surface area contributed by atoms with E-state index >= 15 is 0 Å². The summed E-state index contributed by atoms with van der Waals surface area (Å²) in [4.78, 5) is 26.5. The number of halogens is 1. The van der Waals surface area contributed by atoms with Crippen molar-refractivity contribution in [2.24, 2.45) is 5.73 Å². The van der Waals surface area contributed by atoms with Crippen LogP contribution in [0.1, 0.15) is 30.6 Å². The highest BCUT2D eigenvalue weighted by atomic mass is 19.1. The molecule has 0 aliphatic rings. The monoisotopic (exact) mass is 268 g/mol. The highest BCUT2D eigenvalue weighted by molar-refractivity contribution is 5.99. The molecule has 1 unspecified atom stereocenters. The molecule has 0 fully saturated rings. The molecule has 1 aromatic rings. The summed E-state index contributed by atoms with van der Waals surface area (Å²) < 4.78 is 13.2. The van der Waals surface area contributed by atoms with Crippen molar-refractivity contribution >= 4 is 17.6 Å². The number of amides is 2. The first-order chi connectivity index (χ1) is 8.93. The third-order valence-corrected chi connectivity index (χ3v) is 2.33. The van der Waals surface area contributed by atoms with Gasteiger partial charge in [-0.1, -0.05) is 0 Å². The molecule has 0 saturated heterocycles. The van der Waals surface area contributed by atoms with Crippen LogP contribution in [0, 0.1) is 5.82 Å². The molecule has 1 rings (SSSR count). The molecule has 0 saturated carbocycles. The number of nitrogens with two attached hydrogens (primary N) is 1. The van der Waals surface area contributed by atoms with Crippen LogP contribution < -0.4 is 16.4 Å². The highest BCUT2D eigenvalue weighted by Gasteiger charge is 2.16. The van der Waals surface area contributed by atoms with Gasteiger partial charge in [-0.05, 0) is 19.9 Å². The first-order valence-corrected chi connectivity index (χ1v) is 5.92. The second-order valence-electron chi connectivity index (χ2n) is 4.12. The Morgan fingerprint density at radius 1 is 1.53 bits per heavy atom. The van der Waals surface area contributed by atoms with E-state index in [9.17, 15) is 14.0 Å². The Hall–Kier alpha value is -2.18. The molecule has 1 atom stereocenters. The number of nitrogens with one attached hydrogen (secondary N) is 2. The van der Waals surface area contributed by atoms with Crippen LogP contribution in [0.15, 0.2) is 12.3 Å². The summed E-state index contributed by atoms with van der Waals surface area (Å²) in [6.45, 7) is 4.03. The second kappa shape index (κ2) is 6.67. The number of carbonyl (C=O) groups is 2. The molecule has 1 heterocycles. The smallest absolute Gasteiger partial charge is 0.255 e. The minimum Gasteiger partial charge on any atom is -0.370 e. The van der Waals surface area contributed by atoms with E-state index in [1.165, 1.54) is 0 Å². The van der Waals surface area contributed by atoms with Crippen molar-refractivity contribution in [1.29, 1.82) is 0 Å². The number of primary amides is 1. The molecular formula is C12H17FN4O2. The molecule has 7 heteroatoms. The van der Waals surface area contributed by atoms with E-state index in [4.69, 9.17) is 5.73 Å². The SMILES string of the molecule is CCNc1ncc(F)cc1C(=O)NC(C)CC(N)=O. The highest BCUT2D eigenvalue weighted by Crippen LogP contribution is 2.13. The van der Waals surface area contributed by atoms with E-state index in [1.54, 1.807) is 6.92 Å². The molecule has 0 aromatic carbocycles. The van der Waals surface area contributed by atoms with Gasteiger partial charge in [0.2, 0.25) is 5.91 Å². The molecule has 4 N–H and O–H groups in total. The van der Waals surface area contributed by atoms with Gasteiger partial charge in [-0.2, -0.15) is 0 Å². The lowest BCUT2D eigenvalue weighted by molar-refractivity contribution is -0.118. The maximum atomic E-state index is 13.2. The van der Waals surface area contributed by atoms with E-state index in [1.807, 2.05) is 6.92 Å². The number of anilines is 1. The number of hydrogen-bond donors (Lipinski definition) is 3. The second-order valence-corrected chi connectivity index (χ2v) is 4.12. The quantitative estimate of drug-likeness (QED) is 0.705. The first kappa shape index (κ1) is 14.9. The minimum absolute atomic E-state index is 0.0189. The summed E-state index contributed by atoms with van der Waals surface area (Å²) in [6.07, 6.45) is 1.05. The zero-order chi connectivity index (χ0) is 14.4. The number of rotatable bonds is 6. The molecule has 0 bridgehead atoms. The lowest BCUT2D eigenvalue weighted by Crippen LogP contribution is -2.36. The van der Waals surface area contributed by atoms with Crippen LogP contribution in [0.5, 0.6) is 0 Å². The van der Waals surface area contributed by atoms with E-state index < -0.39 is 23.7 Å². The van der Waals surface area contributed by atoms with Crippen LogP contribution in [0.3, 0.4) is 0 Å². The van der Waals surface area contributed by atoms with E-state index in [0.717, 1.165) is 12.3 Å². The Balaban J connectivity index is 2.85. The summed E-state index contributed by atoms with van der Waals surface area (Å²) in [6, 6.07) is 0.667. The fourth-order valence-corrected chi connectivity index (χ4v) is 1.58. The predicted molar refractivity (Wildman–Crippen MR) is 69.1 cm³/mol. The number of carbonyl (C=O) groups excluding carboxylic acids is 2. The summed E-state index contributed by atoms with van der Waals surface area (Å²) in [5.74, 6) is -1.32. The molecule has 1 aromatic heterocycles. The third-order valence-electron chi connectivity index (χ3n) is 2.33. The van der Waals surface area contributed by atoms with Gasteiger partial charge in [-0.15, -0.1) is 0 Å². The van der Waals surface area contributed by atoms with E-state index in [2.05, 4.69) is 15.6 Å². The molecule has 0 aliphatic heterocycles. The lowest BCUT2D eigenvalue weighted by Gasteiger charge is -2.14. The molecule has 0 spiro atoms. The Labute approximate surface area is 110 Å². The summed E-state index contributed by atoms with van der Waals surface area (Å²) in [5.41, 5.74) is 5.13. The van der Waals surface area contributed by atoms with Crippen molar-refractivity contribution in [2.45, 2.75) is 26.3 Å². The maximum Gasteiger partial charge on any atom is 0.255 e. The van der Waals surface area contributed by atoms with Gasteiger partial charge in [-0.25, -0.2) is 9.37 Å². The Kier molecular flexibility index (Phi) is 5.23. The Morgan fingerprint density at radius 2 is 2.21 bits per heavy atom. The molecule has 19 heavy (non-hydrogen) atoms. The van der Waals surface area contributed by atoms with Crippen LogP contribution in [-0.2, 0) is 4.79 Å². The van der Waals surface area contributed by atoms with Crippen molar-refractivity contribution in [3.05, 3.63) is 23.6 Å². The Morgan fingerprint density at radius 3 is 2.79 bits per heavy atom. The van der Waals surface area contributed by atoms with Gasteiger partial charge >= 0.3 is 0 Å². The van der Waals surface area contributed by atoms with Crippen LogP contribution in [0.2, 0.25) is 0 Å². The normalized spacial score (nSPS) is 11.7. The zero-order valence-corrected chi connectivity index (χ0v) is 10.9. The molecule has 6 nitrogen and oxygen atoms in total. The topological polar surface area (TPSA) is 97.1 Å². The van der Waals surface area contributed by atoms with Gasteiger partial charge in [0.25, 0.3) is 5.91 Å². The predicted octanol–water partition coefficient (Wildman–Crippen LogP) is 0.646. The van der Waals surface area contributed by atoms with E-state index in [0.29, 0.717) is 12.4 Å². The number of pyridine rings is 1. The number of hydrogen-bond acceptors (Lipinski definition) is 4. The van der Waals surface area contributed by atoms with Gasteiger partial charge in [0, 0.05) is 19.0 Å². The minimum atomic E-state index is -0.602. The standard InChI is InChI=1S/C12H17FN4O2/c1-3-15-11-9(5-8(13)6-16-11)12(19)17-7(2)4-10(14)18/h5-7H,3-4H2,1-2H3,(H2,14,18)(H,15,16)(H,17,19). The van der Waals surface area contributed by atoms with Gasteiger partial charge in [0.05, 0.1) is 11.8 Å².